The topological polar surface area (TPSA) is 86.0 Å². The minimum Gasteiger partial charge on any atom is -0.435 e. The van der Waals surface area contributed by atoms with Crippen molar-refractivity contribution in [3.8, 4) is 11.6 Å². The Hall–Kier alpha value is -3.67. The molecule has 25 heavy (non-hydrogen) atoms. The number of hydrogen-bond donors (Lipinski definition) is 2. The molecule has 2 heterocycles. The van der Waals surface area contributed by atoms with E-state index in [0.29, 0.717) is 17.3 Å². The van der Waals surface area contributed by atoms with Gasteiger partial charge in [-0.3, -0.25) is 4.98 Å². The fourth-order valence-electron chi connectivity index (χ4n) is 2.48. The number of nitrogens with zero attached hydrogens (tertiary/aromatic N) is 3. The average molecular weight is 329 g/mol. The molecule has 4 rings (SSSR count). The van der Waals surface area contributed by atoms with Gasteiger partial charge in [0.1, 0.15) is 17.5 Å². The van der Waals surface area contributed by atoms with E-state index < -0.39 is 0 Å². The second kappa shape index (κ2) is 6.45. The Morgan fingerprint density at radius 3 is 2.56 bits per heavy atom. The summed E-state index contributed by atoms with van der Waals surface area (Å²) < 4.78 is 5.92. The zero-order valence-corrected chi connectivity index (χ0v) is 13.3. The molecule has 0 spiro atoms. The molecule has 0 aliphatic carbocycles. The molecule has 0 aliphatic heterocycles. The number of para-hydroxylation sites is 2. The predicted octanol–water partition coefficient (Wildman–Crippen LogP) is 4.14. The maximum atomic E-state index is 6.19. The number of hydrogen-bond acceptors (Lipinski definition) is 6. The maximum absolute atomic E-state index is 6.19. The van der Waals surface area contributed by atoms with Gasteiger partial charge in [-0.1, -0.05) is 36.4 Å². The van der Waals surface area contributed by atoms with E-state index in [0.717, 1.165) is 16.6 Å². The highest BCUT2D eigenvalue weighted by molar-refractivity contribution is 5.84. The number of pyridine rings is 1. The molecular formula is C19H15N5O. The Balaban J connectivity index is 1.68. The Labute approximate surface area is 144 Å². The van der Waals surface area contributed by atoms with Crippen LogP contribution in [-0.4, -0.2) is 15.0 Å². The van der Waals surface area contributed by atoms with Crippen LogP contribution in [0.2, 0.25) is 0 Å². The standard InChI is InChI=1S/C19H15N5O/c20-16-18(24-14-8-2-1-3-9-14)22-12-23-19(16)25-15-10-4-6-13-7-5-11-21-17(13)15/h1-12H,20H2,(H,22,23,24). The van der Waals surface area contributed by atoms with E-state index >= 15 is 0 Å². The number of nitrogen functional groups attached to an aromatic ring is 1. The van der Waals surface area contributed by atoms with E-state index in [1.54, 1.807) is 6.20 Å². The smallest absolute Gasteiger partial charge is 0.248 e. The van der Waals surface area contributed by atoms with E-state index in [2.05, 4.69) is 20.3 Å². The zero-order chi connectivity index (χ0) is 17.1. The van der Waals surface area contributed by atoms with Crippen molar-refractivity contribution in [3.05, 3.63) is 73.2 Å². The van der Waals surface area contributed by atoms with Crippen molar-refractivity contribution in [1.82, 2.24) is 15.0 Å². The molecule has 6 nitrogen and oxygen atoms in total. The molecule has 0 amide bonds. The van der Waals surface area contributed by atoms with Crippen LogP contribution in [0.25, 0.3) is 10.9 Å². The fraction of sp³-hybridized carbons (Fsp3) is 0. The van der Waals surface area contributed by atoms with Gasteiger partial charge in [-0.05, 0) is 24.3 Å². The average Bonchev–Trinajstić information content (AvgIpc) is 2.66. The van der Waals surface area contributed by atoms with Crippen molar-refractivity contribution in [3.63, 3.8) is 0 Å². The van der Waals surface area contributed by atoms with Crippen LogP contribution in [-0.2, 0) is 0 Å². The van der Waals surface area contributed by atoms with Gasteiger partial charge in [-0.25, -0.2) is 4.98 Å². The molecule has 0 fully saturated rings. The SMILES string of the molecule is Nc1c(Nc2ccccc2)ncnc1Oc1cccc2cccnc12. The molecule has 0 saturated carbocycles. The van der Waals surface area contributed by atoms with Crippen LogP contribution in [0.15, 0.2) is 73.2 Å². The van der Waals surface area contributed by atoms with Crippen LogP contribution >= 0.6 is 0 Å². The molecule has 2 aromatic heterocycles. The Morgan fingerprint density at radius 1 is 0.840 bits per heavy atom. The number of ether oxygens (including phenoxy) is 1. The van der Waals surface area contributed by atoms with Crippen LogP contribution in [0, 0.1) is 0 Å². The minimum absolute atomic E-state index is 0.284. The van der Waals surface area contributed by atoms with Crippen molar-refractivity contribution in [2.45, 2.75) is 0 Å². The molecule has 4 aromatic rings. The van der Waals surface area contributed by atoms with Gasteiger partial charge in [0, 0.05) is 17.3 Å². The summed E-state index contributed by atoms with van der Waals surface area (Å²) in [6.45, 7) is 0. The zero-order valence-electron chi connectivity index (χ0n) is 13.3. The highest BCUT2D eigenvalue weighted by Gasteiger charge is 2.12. The Morgan fingerprint density at radius 2 is 1.68 bits per heavy atom. The van der Waals surface area contributed by atoms with Gasteiger partial charge < -0.3 is 15.8 Å². The van der Waals surface area contributed by atoms with Crippen molar-refractivity contribution in [1.29, 1.82) is 0 Å². The number of rotatable bonds is 4. The lowest BCUT2D eigenvalue weighted by molar-refractivity contribution is 0.469. The lowest BCUT2D eigenvalue weighted by Gasteiger charge is -2.12. The van der Waals surface area contributed by atoms with E-state index in [1.807, 2.05) is 60.7 Å². The lowest BCUT2D eigenvalue weighted by Crippen LogP contribution is -2.03. The van der Waals surface area contributed by atoms with Crippen LogP contribution in [0.3, 0.4) is 0 Å². The van der Waals surface area contributed by atoms with Gasteiger partial charge >= 0.3 is 0 Å². The molecule has 0 aliphatic rings. The Bertz CT molecular complexity index is 1020. The summed E-state index contributed by atoms with van der Waals surface area (Å²) >= 11 is 0. The van der Waals surface area contributed by atoms with E-state index in [-0.39, 0.29) is 5.88 Å². The first kappa shape index (κ1) is 14.9. The Kier molecular flexibility index (Phi) is 3.84. The molecule has 0 unspecified atom stereocenters. The molecule has 0 saturated heterocycles. The molecule has 6 heteroatoms. The lowest BCUT2D eigenvalue weighted by atomic mass is 10.2. The second-order valence-electron chi connectivity index (χ2n) is 5.37. The van der Waals surface area contributed by atoms with Crippen molar-refractivity contribution in [2.24, 2.45) is 0 Å². The molecule has 122 valence electrons. The number of benzene rings is 2. The first-order chi connectivity index (χ1) is 12.3. The summed E-state index contributed by atoms with van der Waals surface area (Å²) in [6.07, 6.45) is 3.14. The highest BCUT2D eigenvalue weighted by atomic mass is 16.5. The minimum atomic E-state index is 0.284. The predicted molar refractivity (Wildman–Crippen MR) is 98.0 cm³/mol. The summed E-state index contributed by atoms with van der Waals surface area (Å²) in [4.78, 5) is 12.7. The van der Waals surface area contributed by atoms with Crippen molar-refractivity contribution >= 4 is 28.1 Å². The van der Waals surface area contributed by atoms with E-state index in [9.17, 15) is 0 Å². The van der Waals surface area contributed by atoms with Gasteiger partial charge in [-0.2, -0.15) is 4.98 Å². The normalized spacial score (nSPS) is 10.6. The fourth-order valence-corrected chi connectivity index (χ4v) is 2.48. The number of fused-ring (bicyclic) bond motifs is 1. The molecule has 0 atom stereocenters. The van der Waals surface area contributed by atoms with E-state index in [1.165, 1.54) is 6.33 Å². The monoisotopic (exact) mass is 329 g/mol. The summed E-state index contributed by atoms with van der Waals surface area (Å²) in [5, 5.41) is 4.15. The third-order valence-corrected chi connectivity index (χ3v) is 3.69. The first-order valence-corrected chi connectivity index (χ1v) is 7.75. The van der Waals surface area contributed by atoms with Crippen LogP contribution in [0.1, 0.15) is 0 Å². The number of anilines is 3. The second-order valence-corrected chi connectivity index (χ2v) is 5.37. The molecule has 3 N–H and O–H groups in total. The number of aromatic nitrogens is 3. The summed E-state index contributed by atoms with van der Waals surface area (Å²) in [5.41, 5.74) is 8.15. The summed E-state index contributed by atoms with van der Waals surface area (Å²) in [6, 6.07) is 19.2. The third kappa shape index (κ3) is 3.05. The van der Waals surface area contributed by atoms with Crippen molar-refractivity contribution in [2.75, 3.05) is 11.1 Å². The van der Waals surface area contributed by atoms with Crippen LogP contribution in [0.5, 0.6) is 11.6 Å². The number of nitrogens with one attached hydrogen (secondary N) is 1. The summed E-state index contributed by atoms with van der Waals surface area (Å²) in [5.74, 6) is 1.37. The van der Waals surface area contributed by atoms with E-state index in [4.69, 9.17) is 10.5 Å². The maximum Gasteiger partial charge on any atom is 0.248 e. The van der Waals surface area contributed by atoms with Crippen LogP contribution in [0.4, 0.5) is 17.2 Å². The van der Waals surface area contributed by atoms with Gasteiger partial charge in [0.25, 0.3) is 0 Å². The first-order valence-electron chi connectivity index (χ1n) is 7.75. The van der Waals surface area contributed by atoms with Gasteiger partial charge in [0.15, 0.2) is 11.6 Å². The van der Waals surface area contributed by atoms with Crippen molar-refractivity contribution < 1.29 is 4.74 Å². The van der Waals surface area contributed by atoms with Gasteiger partial charge in [-0.15, -0.1) is 0 Å². The molecule has 0 radical (unpaired) electrons. The van der Waals surface area contributed by atoms with Gasteiger partial charge in [0.2, 0.25) is 5.88 Å². The molecular weight excluding hydrogens is 314 g/mol. The quantitative estimate of drug-likeness (QED) is 0.585. The molecule has 2 aromatic carbocycles. The largest absolute Gasteiger partial charge is 0.435 e. The third-order valence-electron chi connectivity index (χ3n) is 3.69. The highest BCUT2D eigenvalue weighted by Crippen LogP contribution is 2.33. The number of nitrogens with two attached hydrogens (primary N) is 1. The van der Waals surface area contributed by atoms with Gasteiger partial charge in [0.05, 0.1) is 0 Å². The van der Waals surface area contributed by atoms with Crippen LogP contribution < -0.4 is 15.8 Å². The summed E-state index contributed by atoms with van der Waals surface area (Å²) in [7, 11) is 0. The molecule has 0 bridgehead atoms.